The predicted octanol–water partition coefficient (Wildman–Crippen LogP) is 1.99. The lowest BCUT2D eigenvalue weighted by atomic mass is 10.2. The number of aromatic nitrogens is 5. The molecule has 4 aromatic rings. The third-order valence-corrected chi connectivity index (χ3v) is 6.11. The lowest BCUT2D eigenvalue weighted by Crippen LogP contribution is -2.23. The molecule has 0 aliphatic carbocycles. The van der Waals surface area contributed by atoms with Crippen LogP contribution >= 0.6 is 11.8 Å². The number of aromatic amines is 2. The van der Waals surface area contributed by atoms with Gasteiger partial charge < -0.3 is 24.5 Å². The number of methoxy groups -OCH3 is 3. The van der Waals surface area contributed by atoms with Crippen LogP contribution in [0.4, 0.5) is 5.69 Å². The first-order valence-electron chi connectivity index (χ1n) is 11.0. The first-order valence-corrected chi connectivity index (χ1v) is 11.9. The number of nitrogens with zero attached hydrogens (tertiary/aromatic N) is 3. The summed E-state index contributed by atoms with van der Waals surface area (Å²) in [4.78, 5) is 40.9. The van der Waals surface area contributed by atoms with Crippen LogP contribution in [0.25, 0.3) is 5.69 Å². The van der Waals surface area contributed by atoms with E-state index in [9.17, 15) is 14.4 Å². The van der Waals surface area contributed by atoms with Gasteiger partial charge in [-0.15, -0.1) is 10.2 Å². The smallest absolute Gasteiger partial charge is 0.325 e. The molecule has 0 saturated heterocycles. The third-order valence-electron chi connectivity index (χ3n) is 5.18. The number of anilines is 1. The molecule has 0 spiro atoms. The molecule has 3 N–H and O–H groups in total. The Kier molecular flexibility index (Phi) is 7.93. The molecule has 0 bridgehead atoms. The number of rotatable bonds is 10. The Hall–Kier alpha value is -4.52. The molecule has 192 valence electrons. The first-order chi connectivity index (χ1) is 17.9. The quantitative estimate of drug-likeness (QED) is 0.264. The van der Waals surface area contributed by atoms with Crippen molar-refractivity contribution in [1.29, 1.82) is 0 Å². The highest BCUT2D eigenvalue weighted by Gasteiger charge is 2.18. The first kappa shape index (κ1) is 25.6. The van der Waals surface area contributed by atoms with Crippen molar-refractivity contribution in [3.8, 4) is 22.9 Å². The summed E-state index contributed by atoms with van der Waals surface area (Å²) in [7, 11) is 4.61. The number of H-pyrrole nitrogens is 2. The minimum absolute atomic E-state index is 0.0400. The van der Waals surface area contributed by atoms with Crippen molar-refractivity contribution in [2.75, 3.05) is 32.4 Å². The van der Waals surface area contributed by atoms with Crippen molar-refractivity contribution in [1.82, 2.24) is 24.7 Å². The van der Waals surface area contributed by atoms with Gasteiger partial charge in [0.25, 0.3) is 5.56 Å². The molecule has 37 heavy (non-hydrogen) atoms. The van der Waals surface area contributed by atoms with E-state index in [1.807, 2.05) is 12.1 Å². The summed E-state index contributed by atoms with van der Waals surface area (Å²) in [6, 6.07) is 13.6. The van der Waals surface area contributed by atoms with Crippen molar-refractivity contribution >= 4 is 23.4 Å². The minimum Gasteiger partial charge on any atom is -0.497 e. The van der Waals surface area contributed by atoms with Crippen LogP contribution in [0.5, 0.6) is 17.2 Å². The molecular weight excluding hydrogens is 500 g/mol. The van der Waals surface area contributed by atoms with Gasteiger partial charge in [-0.1, -0.05) is 17.8 Å². The lowest BCUT2D eigenvalue weighted by Gasteiger charge is -2.12. The zero-order chi connectivity index (χ0) is 26.4. The molecule has 2 aromatic carbocycles. The van der Waals surface area contributed by atoms with Crippen LogP contribution in [-0.2, 0) is 11.2 Å². The summed E-state index contributed by atoms with van der Waals surface area (Å²) in [6.07, 6.45) is 0.127. The standard InChI is InChI=1S/C24H24N6O6S/c1-34-17-6-4-5-16(12-17)30-20(10-15-11-21(31)27-23(33)26-15)28-29-24(30)37-13-22(32)25-14-7-8-18(35-2)19(9-14)36-3/h4-9,11-12H,10,13H2,1-3H3,(H,25,32)(H2,26,27,31,33). The minimum atomic E-state index is -0.614. The molecule has 0 aliphatic heterocycles. The van der Waals surface area contributed by atoms with E-state index >= 15 is 0 Å². The molecule has 12 nitrogen and oxygen atoms in total. The van der Waals surface area contributed by atoms with Crippen molar-refractivity contribution in [2.24, 2.45) is 0 Å². The summed E-state index contributed by atoms with van der Waals surface area (Å²) < 4.78 is 17.6. The van der Waals surface area contributed by atoms with Gasteiger partial charge in [-0.3, -0.25) is 19.1 Å². The summed E-state index contributed by atoms with van der Waals surface area (Å²) in [6.45, 7) is 0. The Balaban J connectivity index is 1.58. The number of benzene rings is 2. The summed E-state index contributed by atoms with van der Waals surface area (Å²) in [5.74, 6) is 1.89. The van der Waals surface area contributed by atoms with Gasteiger partial charge in [-0.05, 0) is 24.3 Å². The lowest BCUT2D eigenvalue weighted by molar-refractivity contribution is -0.113. The highest BCUT2D eigenvalue weighted by molar-refractivity contribution is 7.99. The second-order valence-corrected chi connectivity index (χ2v) is 8.57. The molecular formula is C24H24N6O6S. The van der Waals surface area contributed by atoms with Crippen molar-refractivity contribution in [3.63, 3.8) is 0 Å². The second kappa shape index (κ2) is 11.5. The SMILES string of the molecule is COc1cccc(-n2c(Cc3cc(=O)[nH]c(=O)[nH]3)nnc2SCC(=O)Nc2ccc(OC)c(OC)c2)c1. The van der Waals surface area contributed by atoms with Gasteiger partial charge in [-0.2, -0.15) is 0 Å². The number of ether oxygens (including phenoxy) is 3. The van der Waals surface area contributed by atoms with E-state index in [4.69, 9.17) is 14.2 Å². The Bertz CT molecular complexity index is 1500. The average Bonchev–Trinajstić information content (AvgIpc) is 3.28. The summed E-state index contributed by atoms with van der Waals surface area (Å²) in [5.41, 5.74) is 0.475. The Morgan fingerprint density at radius 1 is 0.973 bits per heavy atom. The van der Waals surface area contributed by atoms with Gasteiger partial charge in [0.2, 0.25) is 5.91 Å². The fourth-order valence-electron chi connectivity index (χ4n) is 3.54. The maximum absolute atomic E-state index is 12.7. The van der Waals surface area contributed by atoms with Crippen LogP contribution < -0.4 is 30.8 Å². The van der Waals surface area contributed by atoms with Crippen LogP contribution in [0.1, 0.15) is 11.5 Å². The van der Waals surface area contributed by atoms with Crippen LogP contribution in [0.3, 0.4) is 0 Å². The Morgan fingerprint density at radius 2 is 1.78 bits per heavy atom. The van der Waals surface area contributed by atoms with E-state index in [0.717, 1.165) is 0 Å². The number of carbonyl (C=O) groups excluding carboxylic acids is 1. The number of nitrogens with one attached hydrogen (secondary N) is 3. The molecule has 2 heterocycles. The average molecular weight is 525 g/mol. The van der Waals surface area contributed by atoms with Gasteiger partial charge in [0.15, 0.2) is 16.7 Å². The maximum Gasteiger partial charge on any atom is 0.325 e. The molecule has 13 heteroatoms. The van der Waals surface area contributed by atoms with Crippen LogP contribution in [-0.4, -0.2) is 57.7 Å². The van der Waals surface area contributed by atoms with Gasteiger partial charge in [0.05, 0.1) is 32.8 Å². The van der Waals surface area contributed by atoms with Gasteiger partial charge >= 0.3 is 5.69 Å². The normalized spacial score (nSPS) is 10.7. The Morgan fingerprint density at radius 3 is 2.51 bits per heavy atom. The predicted molar refractivity (Wildman–Crippen MR) is 137 cm³/mol. The van der Waals surface area contributed by atoms with Crippen LogP contribution in [0.15, 0.2) is 63.3 Å². The van der Waals surface area contributed by atoms with E-state index < -0.39 is 11.2 Å². The molecule has 0 fully saturated rings. The molecule has 4 rings (SSSR count). The molecule has 0 unspecified atom stereocenters. The van der Waals surface area contributed by atoms with Crippen molar-refractivity contribution < 1.29 is 19.0 Å². The molecule has 2 aromatic heterocycles. The summed E-state index contributed by atoms with van der Waals surface area (Å²) >= 11 is 1.18. The monoisotopic (exact) mass is 524 g/mol. The van der Waals surface area contributed by atoms with Crippen molar-refractivity contribution in [3.05, 3.63) is 80.9 Å². The molecule has 0 radical (unpaired) electrons. The second-order valence-electron chi connectivity index (χ2n) is 7.63. The molecule has 1 amide bonds. The zero-order valence-corrected chi connectivity index (χ0v) is 21.0. The van der Waals surface area contributed by atoms with Crippen molar-refractivity contribution in [2.45, 2.75) is 11.6 Å². The highest BCUT2D eigenvalue weighted by atomic mass is 32.2. The van der Waals surface area contributed by atoms with Crippen LogP contribution in [0, 0.1) is 0 Å². The number of hydrogen-bond donors (Lipinski definition) is 3. The Labute approximate surface area is 215 Å². The molecule has 0 saturated carbocycles. The van der Waals surface area contributed by atoms with E-state index in [1.165, 1.54) is 32.0 Å². The number of amides is 1. The highest BCUT2D eigenvalue weighted by Crippen LogP contribution is 2.30. The topological polar surface area (TPSA) is 153 Å². The van der Waals surface area contributed by atoms with Gasteiger partial charge in [0.1, 0.15) is 11.6 Å². The summed E-state index contributed by atoms with van der Waals surface area (Å²) in [5, 5.41) is 11.8. The number of thioether (sulfide) groups is 1. The third kappa shape index (κ3) is 6.19. The number of hydrogen-bond acceptors (Lipinski definition) is 9. The van der Waals surface area contributed by atoms with Crippen LogP contribution in [0.2, 0.25) is 0 Å². The maximum atomic E-state index is 12.7. The fraction of sp³-hybridized carbons (Fsp3) is 0.208. The van der Waals surface area contributed by atoms with E-state index in [-0.39, 0.29) is 18.1 Å². The van der Waals surface area contributed by atoms with E-state index in [2.05, 4.69) is 25.5 Å². The van der Waals surface area contributed by atoms with Gasteiger partial charge in [-0.25, -0.2) is 4.79 Å². The molecule has 0 atom stereocenters. The fourth-order valence-corrected chi connectivity index (χ4v) is 4.31. The molecule has 0 aliphatic rings. The van der Waals surface area contributed by atoms with E-state index in [1.54, 1.807) is 42.0 Å². The van der Waals surface area contributed by atoms with E-state index in [0.29, 0.717) is 45.3 Å². The zero-order valence-electron chi connectivity index (χ0n) is 20.2. The number of carbonyl (C=O) groups is 1. The van der Waals surface area contributed by atoms with Gasteiger partial charge in [0, 0.05) is 36.0 Å². The largest absolute Gasteiger partial charge is 0.497 e.